The van der Waals surface area contributed by atoms with Crippen LogP contribution in [0, 0.1) is 0 Å². The number of hydrogen-bond acceptors (Lipinski definition) is 5. The number of nitrogens with zero attached hydrogens (tertiary/aromatic N) is 3. The first kappa shape index (κ1) is 9.59. The number of ether oxygens (including phenoxy) is 1. The summed E-state index contributed by atoms with van der Waals surface area (Å²) < 4.78 is 5.51. The van der Waals surface area contributed by atoms with Gasteiger partial charge in [-0.2, -0.15) is 4.98 Å². The summed E-state index contributed by atoms with van der Waals surface area (Å²) in [6.45, 7) is 0. The standard InChI is InChI=1S/C11H8N4O2/c16-7-3-1-2-4-8(7)17-11-9-10(13-5-12-9)14-6-15-11/h1-6,16H,(H,12,13,14,15). The quantitative estimate of drug-likeness (QED) is 0.699. The Morgan fingerprint density at radius 2 is 2.00 bits per heavy atom. The van der Waals surface area contributed by atoms with E-state index in [0.29, 0.717) is 22.8 Å². The van der Waals surface area contributed by atoms with E-state index in [-0.39, 0.29) is 5.75 Å². The summed E-state index contributed by atoms with van der Waals surface area (Å²) >= 11 is 0. The van der Waals surface area contributed by atoms with E-state index in [1.165, 1.54) is 12.7 Å². The summed E-state index contributed by atoms with van der Waals surface area (Å²) in [6.07, 6.45) is 2.87. The van der Waals surface area contributed by atoms with Crippen molar-refractivity contribution in [1.82, 2.24) is 19.9 Å². The lowest BCUT2D eigenvalue weighted by Gasteiger charge is -2.05. The summed E-state index contributed by atoms with van der Waals surface area (Å²) in [5.74, 6) is 0.717. The SMILES string of the molecule is Oc1ccccc1Oc1ncnc2nc[nH]c12. The van der Waals surface area contributed by atoms with E-state index in [0.717, 1.165) is 0 Å². The molecule has 2 aromatic heterocycles. The van der Waals surface area contributed by atoms with Crippen LogP contribution in [0.4, 0.5) is 0 Å². The van der Waals surface area contributed by atoms with Crippen LogP contribution in [-0.4, -0.2) is 25.0 Å². The topological polar surface area (TPSA) is 83.9 Å². The van der Waals surface area contributed by atoms with Gasteiger partial charge in [-0.3, -0.25) is 0 Å². The zero-order valence-corrected chi connectivity index (χ0v) is 8.66. The minimum atomic E-state index is 0.0544. The van der Waals surface area contributed by atoms with Gasteiger partial charge in [0.25, 0.3) is 0 Å². The Labute approximate surface area is 95.9 Å². The van der Waals surface area contributed by atoms with Gasteiger partial charge in [0.1, 0.15) is 11.8 Å². The Balaban J connectivity index is 2.06. The van der Waals surface area contributed by atoms with E-state index in [1.54, 1.807) is 24.3 Å². The van der Waals surface area contributed by atoms with Crippen LogP contribution in [0.25, 0.3) is 11.2 Å². The van der Waals surface area contributed by atoms with Crippen molar-refractivity contribution in [2.24, 2.45) is 0 Å². The van der Waals surface area contributed by atoms with E-state index in [4.69, 9.17) is 4.74 Å². The fourth-order valence-corrected chi connectivity index (χ4v) is 1.47. The molecule has 6 nitrogen and oxygen atoms in total. The Hall–Kier alpha value is -2.63. The third-order valence-corrected chi connectivity index (χ3v) is 2.26. The molecule has 0 atom stereocenters. The predicted molar refractivity (Wildman–Crippen MR) is 59.9 cm³/mol. The lowest BCUT2D eigenvalue weighted by atomic mass is 10.3. The molecule has 0 bridgehead atoms. The van der Waals surface area contributed by atoms with E-state index < -0.39 is 0 Å². The van der Waals surface area contributed by atoms with Gasteiger partial charge in [-0.25, -0.2) is 9.97 Å². The Bertz CT molecular complexity index is 665. The first-order valence-electron chi connectivity index (χ1n) is 4.94. The number of para-hydroxylation sites is 2. The third kappa shape index (κ3) is 1.65. The smallest absolute Gasteiger partial charge is 0.248 e. The molecule has 17 heavy (non-hydrogen) atoms. The summed E-state index contributed by atoms with van der Waals surface area (Å²) in [7, 11) is 0. The molecule has 0 amide bonds. The van der Waals surface area contributed by atoms with Crippen molar-refractivity contribution in [1.29, 1.82) is 0 Å². The molecule has 0 aliphatic heterocycles. The molecule has 0 saturated carbocycles. The molecular weight excluding hydrogens is 220 g/mol. The predicted octanol–water partition coefficient (Wildman–Crippen LogP) is 1.85. The maximum Gasteiger partial charge on any atom is 0.248 e. The number of rotatable bonds is 2. The number of aromatic nitrogens is 4. The summed E-state index contributed by atoms with van der Waals surface area (Å²) in [6, 6.07) is 6.68. The van der Waals surface area contributed by atoms with Gasteiger partial charge in [0.2, 0.25) is 5.88 Å². The monoisotopic (exact) mass is 228 g/mol. The van der Waals surface area contributed by atoms with Gasteiger partial charge in [-0.05, 0) is 12.1 Å². The molecule has 3 aromatic rings. The van der Waals surface area contributed by atoms with Crippen molar-refractivity contribution in [2.45, 2.75) is 0 Å². The first-order chi connectivity index (χ1) is 8.34. The van der Waals surface area contributed by atoms with Crippen LogP contribution in [0.15, 0.2) is 36.9 Å². The number of nitrogens with one attached hydrogen (secondary N) is 1. The van der Waals surface area contributed by atoms with Crippen LogP contribution in [0.1, 0.15) is 0 Å². The van der Waals surface area contributed by atoms with E-state index in [1.807, 2.05) is 0 Å². The highest BCUT2D eigenvalue weighted by Crippen LogP contribution is 2.30. The maximum absolute atomic E-state index is 9.60. The molecule has 0 aliphatic rings. The van der Waals surface area contributed by atoms with Crippen LogP contribution in [0.5, 0.6) is 17.4 Å². The molecular formula is C11H8N4O2. The molecule has 0 radical (unpaired) electrons. The molecule has 6 heteroatoms. The number of phenols is 1. The molecule has 2 N–H and O–H groups in total. The normalized spacial score (nSPS) is 10.6. The fourth-order valence-electron chi connectivity index (χ4n) is 1.47. The van der Waals surface area contributed by atoms with Crippen LogP contribution in [0.3, 0.4) is 0 Å². The highest BCUT2D eigenvalue weighted by molar-refractivity contribution is 5.75. The Morgan fingerprint density at radius 1 is 1.12 bits per heavy atom. The van der Waals surface area contributed by atoms with Crippen LogP contribution >= 0.6 is 0 Å². The minimum Gasteiger partial charge on any atom is -0.504 e. The lowest BCUT2D eigenvalue weighted by molar-refractivity contribution is 0.405. The summed E-state index contributed by atoms with van der Waals surface area (Å²) in [5.41, 5.74) is 1.11. The molecule has 0 unspecified atom stereocenters. The van der Waals surface area contributed by atoms with Gasteiger partial charge in [0.15, 0.2) is 17.1 Å². The number of benzene rings is 1. The third-order valence-electron chi connectivity index (χ3n) is 2.26. The number of hydrogen-bond donors (Lipinski definition) is 2. The number of aromatic hydroxyl groups is 1. The summed E-state index contributed by atoms with van der Waals surface area (Å²) in [5, 5.41) is 9.60. The molecule has 0 spiro atoms. The van der Waals surface area contributed by atoms with Crippen molar-refractivity contribution in [3.63, 3.8) is 0 Å². The van der Waals surface area contributed by atoms with E-state index >= 15 is 0 Å². The van der Waals surface area contributed by atoms with Crippen LogP contribution in [-0.2, 0) is 0 Å². The van der Waals surface area contributed by atoms with Gasteiger partial charge in [-0.1, -0.05) is 12.1 Å². The number of aromatic amines is 1. The molecule has 1 aromatic carbocycles. The van der Waals surface area contributed by atoms with Crippen molar-refractivity contribution in [2.75, 3.05) is 0 Å². The van der Waals surface area contributed by atoms with Gasteiger partial charge in [0.05, 0.1) is 6.33 Å². The second-order valence-electron chi connectivity index (χ2n) is 3.35. The number of phenolic OH excluding ortho intramolecular Hbond substituents is 1. The van der Waals surface area contributed by atoms with Crippen LogP contribution in [0.2, 0.25) is 0 Å². The van der Waals surface area contributed by atoms with Gasteiger partial charge in [0, 0.05) is 0 Å². The number of imidazole rings is 1. The van der Waals surface area contributed by atoms with Crippen molar-refractivity contribution < 1.29 is 9.84 Å². The average molecular weight is 228 g/mol. The van der Waals surface area contributed by atoms with Crippen molar-refractivity contribution in [3.05, 3.63) is 36.9 Å². The molecule has 0 fully saturated rings. The number of H-pyrrole nitrogens is 1. The van der Waals surface area contributed by atoms with Gasteiger partial charge in [-0.15, -0.1) is 0 Å². The molecule has 2 heterocycles. The molecule has 84 valence electrons. The summed E-state index contributed by atoms with van der Waals surface area (Å²) in [4.78, 5) is 14.8. The van der Waals surface area contributed by atoms with Gasteiger partial charge < -0.3 is 14.8 Å². The molecule has 3 rings (SSSR count). The van der Waals surface area contributed by atoms with E-state index in [9.17, 15) is 5.11 Å². The second kappa shape index (κ2) is 3.75. The minimum absolute atomic E-state index is 0.0544. The second-order valence-corrected chi connectivity index (χ2v) is 3.35. The van der Waals surface area contributed by atoms with Gasteiger partial charge >= 0.3 is 0 Å². The van der Waals surface area contributed by atoms with Crippen molar-refractivity contribution in [3.8, 4) is 17.4 Å². The lowest BCUT2D eigenvalue weighted by Crippen LogP contribution is -1.91. The molecule has 0 saturated heterocycles. The zero-order chi connectivity index (χ0) is 11.7. The highest BCUT2D eigenvalue weighted by Gasteiger charge is 2.09. The van der Waals surface area contributed by atoms with Crippen molar-refractivity contribution >= 4 is 11.2 Å². The average Bonchev–Trinajstić information content (AvgIpc) is 2.81. The largest absolute Gasteiger partial charge is 0.504 e. The first-order valence-corrected chi connectivity index (χ1v) is 4.94. The van der Waals surface area contributed by atoms with E-state index in [2.05, 4.69) is 19.9 Å². The van der Waals surface area contributed by atoms with Crippen LogP contribution < -0.4 is 4.74 Å². The Kier molecular flexibility index (Phi) is 2.11. The highest BCUT2D eigenvalue weighted by atomic mass is 16.5. The number of fused-ring (bicyclic) bond motifs is 1. The zero-order valence-electron chi connectivity index (χ0n) is 8.66. The maximum atomic E-state index is 9.60. The Morgan fingerprint density at radius 3 is 2.88 bits per heavy atom. The molecule has 0 aliphatic carbocycles. The fraction of sp³-hybridized carbons (Fsp3) is 0.